The molecule has 36 nitrogen and oxygen atoms in total. The van der Waals surface area contributed by atoms with Crippen molar-refractivity contribution in [3.8, 4) is 23.0 Å². The fourth-order valence-electron chi connectivity index (χ4n) is 13.3. The fourth-order valence-corrected chi connectivity index (χ4v) is 13.3. The number of hydrogen-bond acceptors (Lipinski definition) is 26. The Kier molecular flexibility index (Phi) is 50.4. The van der Waals surface area contributed by atoms with Crippen LogP contribution in [0.15, 0.2) is 58.1 Å². The molecule has 10 N–H and O–H groups in total. The second-order valence-corrected chi connectivity index (χ2v) is 30.0. The molecule has 8 bridgehead atoms. The molecule has 5 aliphatic rings. The fraction of sp³-hybridized carbons (Fsp3) is 0.655. The van der Waals surface area contributed by atoms with Crippen molar-refractivity contribution < 1.29 is 90.5 Å². The Bertz CT molecular complexity index is 3760. The van der Waals surface area contributed by atoms with E-state index in [0.29, 0.717) is 175 Å². The number of methoxy groups -OCH3 is 2. The molecule has 0 fully saturated rings. The van der Waals surface area contributed by atoms with Gasteiger partial charge in [-0.3, -0.25) is 67.5 Å². The summed E-state index contributed by atoms with van der Waals surface area (Å²) in [4.78, 5) is 153. The molecule has 4 aromatic rings. The molecule has 7 heterocycles. The molecule has 0 saturated carbocycles. The van der Waals surface area contributed by atoms with Gasteiger partial charge in [-0.05, 0) is 95.3 Å². The van der Waals surface area contributed by atoms with Crippen LogP contribution in [0.5, 0.6) is 23.0 Å². The van der Waals surface area contributed by atoms with Crippen LogP contribution in [0.4, 0.5) is 0 Å². The van der Waals surface area contributed by atoms with E-state index in [2.05, 4.69) is 42.5 Å². The molecular weight excluding hydrogens is 1590 g/mol. The maximum absolute atomic E-state index is 14.7. The highest BCUT2D eigenvalue weighted by Crippen LogP contribution is 2.28. The minimum Gasteiger partial charge on any atom is -0.492 e. The summed E-state index contributed by atoms with van der Waals surface area (Å²) in [6.07, 6.45) is 5.91. The number of hydrogen-bond donors (Lipinski definition) is 9. The summed E-state index contributed by atoms with van der Waals surface area (Å²) < 4.78 is 67.3. The van der Waals surface area contributed by atoms with Crippen molar-refractivity contribution in [2.45, 2.75) is 125 Å². The lowest BCUT2D eigenvalue weighted by Crippen LogP contribution is -2.48. The highest BCUT2D eigenvalue weighted by molar-refractivity contribution is 6.05. The third-order valence-corrected chi connectivity index (χ3v) is 20.4. The monoisotopic (exact) mass is 1730 g/mol. The molecule has 688 valence electrons. The standard InChI is InChI=1S/C87H139N15O21/c1-9-13-44-120-76-68-21-19-23-70(76)82(107)93-30-38-99(39-31-94-83(108)71-24-20-22-69(77(71)121-45-14-10-2)81(106)92-29-37-98(36-28-91-80(68)105)43-50-116-56-58-118-54-52-114-8)61-67(119-48-18-17-25-88)62-100-40-32-95-84(109)72-59-65(5)101(86(111)78(72)122-46-15-11-3)63-74(103)89-26-34-97(42-49-115-55-57-117-53-51-113-7)35-27-90-75(104)64-102-66(6)60-73(85(110)96-33-41-100)79(87(102)112)123-47-16-12-4/h19-24,59-60,67H,9-18,25-58,61-64,88H2,1-8H3,(H,89,103)(H,90,104)(H,91,105)(H,92,106)(H,93,107)(H,94,108)(H,95,109)(H,96,110). The van der Waals surface area contributed by atoms with Crippen LogP contribution in [0.3, 0.4) is 0 Å². The quantitative estimate of drug-likeness (QED) is 0.0288. The molecule has 8 amide bonds. The highest BCUT2D eigenvalue weighted by atomic mass is 16.5. The van der Waals surface area contributed by atoms with Crippen LogP contribution < -0.4 is 78.3 Å². The van der Waals surface area contributed by atoms with E-state index < -0.39 is 77.6 Å². The van der Waals surface area contributed by atoms with E-state index in [1.165, 1.54) is 21.3 Å². The number of pyridine rings is 2. The predicted molar refractivity (Wildman–Crippen MR) is 466 cm³/mol. The normalized spacial score (nSPS) is 16.2. The molecule has 2 aromatic heterocycles. The summed E-state index contributed by atoms with van der Waals surface area (Å²) in [6, 6.07) is 12.7. The summed E-state index contributed by atoms with van der Waals surface area (Å²) in [5.74, 6) is -4.40. The Balaban J connectivity index is 1.37. The number of benzene rings is 2. The van der Waals surface area contributed by atoms with Gasteiger partial charge in [0.05, 0.1) is 132 Å². The van der Waals surface area contributed by atoms with Crippen LogP contribution in [0, 0.1) is 13.8 Å². The molecule has 0 radical (unpaired) electrons. The number of aryl methyl sites for hydroxylation is 2. The zero-order valence-electron chi connectivity index (χ0n) is 74.0. The molecule has 0 aliphatic carbocycles. The number of nitrogens with two attached hydrogens (primary N) is 1. The van der Waals surface area contributed by atoms with Crippen LogP contribution in [-0.4, -0.2) is 333 Å². The van der Waals surface area contributed by atoms with E-state index in [1.54, 1.807) is 64.5 Å². The van der Waals surface area contributed by atoms with Gasteiger partial charge < -0.3 is 110 Å². The predicted octanol–water partition coefficient (Wildman–Crippen LogP) is 2.77. The van der Waals surface area contributed by atoms with E-state index in [9.17, 15) is 47.9 Å². The van der Waals surface area contributed by atoms with Crippen LogP contribution in [0.1, 0.15) is 165 Å². The van der Waals surface area contributed by atoms with Crippen molar-refractivity contribution >= 4 is 47.3 Å². The van der Waals surface area contributed by atoms with Crippen LogP contribution in [0.25, 0.3) is 0 Å². The minimum absolute atomic E-state index is 0.0255. The topological polar surface area (TPSA) is 417 Å². The summed E-state index contributed by atoms with van der Waals surface area (Å²) in [6.45, 7) is 19.2. The average Bonchev–Trinajstić information content (AvgIpc) is 0.801. The van der Waals surface area contributed by atoms with Crippen molar-refractivity contribution in [3.63, 3.8) is 0 Å². The number of amides is 8. The summed E-state index contributed by atoms with van der Waals surface area (Å²) >= 11 is 0. The highest BCUT2D eigenvalue weighted by Gasteiger charge is 2.29. The van der Waals surface area contributed by atoms with E-state index in [-0.39, 0.29) is 181 Å². The van der Waals surface area contributed by atoms with Gasteiger partial charge in [-0.2, -0.15) is 0 Å². The number of unbranched alkanes of at least 4 members (excludes halogenated alkanes) is 5. The number of aromatic nitrogens is 2. The zero-order chi connectivity index (χ0) is 88.8. The molecule has 123 heavy (non-hydrogen) atoms. The number of rotatable bonds is 43. The Labute approximate surface area is 724 Å². The number of nitrogens with zero attached hydrogens (tertiary/aromatic N) is 6. The van der Waals surface area contributed by atoms with Crippen molar-refractivity contribution in [3.05, 3.63) is 114 Å². The van der Waals surface area contributed by atoms with Gasteiger partial charge in [0.1, 0.15) is 24.6 Å². The third kappa shape index (κ3) is 37.3. The molecule has 9 rings (SSSR count). The number of carbonyl (C=O) groups excluding carboxylic acids is 8. The lowest BCUT2D eigenvalue weighted by molar-refractivity contribution is -0.122. The number of fused-ring (bicyclic) bond motifs is 4. The number of para-hydroxylation sites is 2. The Morgan fingerprint density at radius 2 is 0.634 bits per heavy atom. The first-order chi connectivity index (χ1) is 59.8. The number of ether oxygens (including phenoxy) is 11. The second-order valence-electron chi connectivity index (χ2n) is 30.0. The molecule has 0 saturated heterocycles. The van der Waals surface area contributed by atoms with Crippen LogP contribution in [0.2, 0.25) is 0 Å². The number of carbonyl (C=O) groups is 8. The molecular formula is C87H139N15O21. The van der Waals surface area contributed by atoms with Crippen molar-refractivity contribution in [2.24, 2.45) is 5.73 Å². The lowest BCUT2D eigenvalue weighted by atomic mass is 10.1. The maximum atomic E-state index is 14.7. The maximum Gasteiger partial charge on any atom is 0.294 e. The van der Waals surface area contributed by atoms with Crippen LogP contribution in [-0.2, 0) is 55.8 Å². The molecule has 0 spiro atoms. The molecule has 36 heteroatoms. The minimum atomic E-state index is -0.682. The Morgan fingerprint density at radius 1 is 0.341 bits per heavy atom. The van der Waals surface area contributed by atoms with E-state index in [0.717, 1.165) is 12.8 Å². The molecule has 1 unspecified atom stereocenters. The zero-order valence-corrected chi connectivity index (χ0v) is 74.0. The SMILES string of the molecule is CCCCOc1c2cccc1C(=O)NCCN(CC(CN1CCNC(=O)c3cc(C)n(c(=O)c3OCCCC)CC(=O)NCCN(CCOCCOCCOC)CCNC(=O)Cn3c(C)cc(c(OCCCC)c3=O)C(=O)NCC1)OCCCCN)CCNC(=O)c1cccc(c1OCCCC)C(=O)NCCN(CCOCCOCCOC)CCNC2=O. The van der Waals surface area contributed by atoms with Crippen molar-refractivity contribution in [1.29, 1.82) is 0 Å². The van der Waals surface area contributed by atoms with Gasteiger partial charge in [-0.25, -0.2) is 0 Å². The second kappa shape index (κ2) is 60.4. The third-order valence-electron chi connectivity index (χ3n) is 20.4. The van der Waals surface area contributed by atoms with Gasteiger partial charge >= 0.3 is 0 Å². The first-order valence-electron chi connectivity index (χ1n) is 43.8. The van der Waals surface area contributed by atoms with E-state index in [1.807, 2.05) is 47.3 Å². The summed E-state index contributed by atoms with van der Waals surface area (Å²) in [5.41, 5.74) is 5.82. The van der Waals surface area contributed by atoms with Crippen molar-refractivity contribution in [1.82, 2.24) is 71.3 Å². The van der Waals surface area contributed by atoms with Gasteiger partial charge in [0.15, 0.2) is 11.5 Å². The smallest absolute Gasteiger partial charge is 0.294 e. The Morgan fingerprint density at radius 3 is 0.951 bits per heavy atom. The van der Waals surface area contributed by atoms with Crippen molar-refractivity contribution in [2.75, 3.05) is 251 Å². The van der Waals surface area contributed by atoms with E-state index in [4.69, 9.17) is 57.8 Å². The van der Waals surface area contributed by atoms with Gasteiger partial charge in [0.2, 0.25) is 11.8 Å². The first kappa shape index (κ1) is 103. The Hall–Kier alpha value is -9.18. The van der Waals surface area contributed by atoms with Crippen LogP contribution >= 0.6 is 0 Å². The molecule has 5 aliphatic heterocycles. The summed E-state index contributed by atoms with van der Waals surface area (Å²) in [7, 11) is 3.19. The first-order valence-corrected chi connectivity index (χ1v) is 43.8. The number of nitrogens with one attached hydrogen (secondary N) is 8. The largest absolute Gasteiger partial charge is 0.492 e. The summed E-state index contributed by atoms with van der Waals surface area (Å²) in [5, 5.41) is 24.1. The van der Waals surface area contributed by atoms with Gasteiger partial charge in [0.25, 0.3) is 46.6 Å². The van der Waals surface area contributed by atoms with Gasteiger partial charge in [0, 0.05) is 163 Å². The average molecular weight is 1730 g/mol. The van der Waals surface area contributed by atoms with E-state index >= 15 is 0 Å². The molecule has 2 aromatic carbocycles. The lowest BCUT2D eigenvalue weighted by Gasteiger charge is -2.32. The molecule has 1 atom stereocenters. The van der Waals surface area contributed by atoms with Gasteiger partial charge in [-0.1, -0.05) is 65.5 Å². The van der Waals surface area contributed by atoms with Gasteiger partial charge in [-0.15, -0.1) is 0 Å².